The number of halogens is 3. The van der Waals surface area contributed by atoms with E-state index in [0.29, 0.717) is 6.07 Å². The molecule has 6 heteroatoms. The number of rotatable bonds is 5. The average Bonchev–Trinajstić information content (AvgIpc) is 2.80. The van der Waals surface area contributed by atoms with Crippen LogP contribution in [0.2, 0.25) is 0 Å². The van der Waals surface area contributed by atoms with Crippen LogP contribution < -0.4 is 5.32 Å². The van der Waals surface area contributed by atoms with Crippen molar-refractivity contribution in [3.63, 3.8) is 0 Å². The molecule has 102 valence electrons. The number of hydrogen-bond acceptors (Lipinski definition) is 2. The van der Waals surface area contributed by atoms with E-state index in [1.54, 1.807) is 16.9 Å². The van der Waals surface area contributed by atoms with E-state index in [9.17, 15) is 13.2 Å². The number of nitrogens with zero attached hydrogens (tertiary/aromatic N) is 2. The maximum atomic E-state index is 13.4. The average molecular weight is 269 g/mol. The minimum absolute atomic E-state index is 0.193. The van der Waals surface area contributed by atoms with Crippen molar-refractivity contribution in [1.82, 2.24) is 9.78 Å². The lowest BCUT2D eigenvalue weighted by atomic mass is 10.2. The first kappa shape index (κ1) is 13.5. The largest absolute Gasteiger partial charge is 0.377 e. The molecule has 0 spiro atoms. The van der Waals surface area contributed by atoms with Crippen LogP contribution in [0.4, 0.5) is 18.9 Å². The van der Waals surface area contributed by atoms with Crippen molar-refractivity contribution >= 4 is 5.69 Å². The highest BCUT2D eigenvalue weighted by molar-refractivity contribution is 5.45. The maximum Gasteiger partial charge on any atom is 0.182 e. The molecule has 2 aromatic rings. The van der Waals surface area contributed by atoms with E-state index < -0.39 is 17.5 Å². The van der Waals surface area contributed by atoms with Gasteiger partial charge in [0, 0.05) is 24.9 Å². The van der Waals surface area contributed by atoms with Crippen LogP contribution in [0.5, 0.6) is 0 Å². The van der Waals surface area contributed by atoms with Gasteiger partial charge in [0.05, 0.1) is 17.9 Å². The zero-order valence-electron chi connectivity index (χ0n) is 10.5. The summed E-state index contributed by atoms with van der Waals surface area (Å²) in [6.07, 6.45) is 2.55. The van der Waals surface area contributed by atoms with Crippen LogP contribution in [0.3, 0.4) is 0 Å². The van der Waals surface area contributed by atoms with Gasteiger partial charge in [0.2, 0.25) is 0 Å². The molecule has 0 saturated carbocycles. The number of benzene rings is 1. The number of aromatic nitrogens is 2. The number of anilines is 1. The summed E-state index contributed by atoms with van der Waals surface area (Å²) < 4.78 is 41.2. The first-order chi connectivity index (χ1) is 9.11. The quantitative estimate of drug-likeness (QED) is 0.844. The Hall–Kier alpha value is -1.98. The van der Waals surface area contributed by atoms with Crippen LogP contribution in [0, 0.1) is 17.5 Å². The smallest absolute Gasteiger partial charge is 0.182 e. The molecule has 0 bridgehead atoms. The fraction of sp³-hybridized carbons (Fsp3) is 0.308. The second-order valence-corrected chi connectivity index (χ2v) is 4.15. The van der Waals surface area contributed by atoms with E-state index in [2.05, 4.69) is 10.4 Å². The predicted octanol–water partition coefficient (Wildman–Crippen LogP) is 3.32. The topological polar surface area (TPSA) is 29.9 Å². The highest BCUT2D eigenvalue weighted by atomic mass is 19.2. The van der Waals surface area contributed by atoms with Gasteiger partial charge in [-0.3, -0.25) is 4.68 Å². The summed E-state index contributed by atoms with van der Waals surface area (Å²) in [6.45, 7) is 3.00. The minimum Gasteiger partial charge on any atom is -0.377 e. The van der Waals surface area contributed by atoms with Gasteiger partial charge < -0.3 is 5.32 Å². The lowest BCUT2D eigenvalue weighted by Crippen LogP contribution is -2.10. The van der Waals surface area contributed by atoms with E-state index in [1.165, 1.54) is 0 Å². The molecule has 0 unspecified atom stereocenters. The molecule has 0 amide bonds. The summed E-state index contributed by atoms with van der Waals surface area (Å²) >= 11 is 0. The lowest BCUT2D eigenvalue weighted by Gasteiger charge is -2.10. The van der Waals surface area contributed by atoms with Gasteiger partial charge in [-0.1, -0.05) is 6.92 Å². The molecular formula is C13H14F3N3. The Kier molecular flexibility index (Phi) is 4.09. The zero-order valence-corrected chi connectivity index (χ0v) is 10.5. The molecule has 1 aromatic heterocycles. The molecule has 0 aliphatic rings. The molecule has 1 heterocycles. The van der Waals surface area contributed by atoms with Crippen molar-refractivity contribution in [3.8, 4) is 0 Å². The summed E-state index contributed by atoms with van der Waals surface area (Å²) in [6, 6.07) is 3.22. The number of hydrogen-bond donors (Lipinski definition) is 1. The normalized spacial score (nSPS) is 10.7. The van der Waals surface area contributed by atoms with Crippen LogP contribution in [-0.2, 0) is 13.1 Å². The Morgan fingerprint density at radius 1 is 1.26 bits per heavy atom. The summed E-state index contributed by atoms with van der Waals surface area (Å²) in [5, 5.41) is 6.79. The molecular weight excluding hydrogens is 255 g/mol. The molecule has 0 aliphatic carbocycles. The van der Waals surface area contributed by atoms with Crippen molar-refractivity contribution < 1.29 is 13.2 Å². The second-order valence-electron chi connectivity index (χ2n) is 4.15. The molecule has 0 saturated heterocycles. The van der Waals surface area contributed by atoms with E-state index in [4.69, 9.17) is 0 Å². The van der Waals surface area contributed by atoms with Gasteiger partial charge in [0.15, 0.2) is 11.6 Å². The number of nitrogens with one attached hydrogen (secondary N) is 1. The zero-order chi connectivity index (χ0) is 13.8. The monoisotopic (exact) mass is 269 g/mol. The molecule has 19 heavy (non-hydrogen) atoms. The molecule has 0 fully saturated rings. The van der Waals surface area contributed by atoms with E-state index in [0.717, 1.165) is 24.7 Å². The first-order valence-electron chi connectivity index (χ1n) is 6.01. The van der Waals surface area contributed by atoms with Gasteiger partial charge in [-0.25, -0.2) is 13.2 Å². The summed E-state index contributed by atoms with van der Waals surface area (Å²) in [4.78, 5) is 0. The van der Waals surface area contributed by atoms with Gasteiger partial charge in [0.1, 0.15) is 5.82 Å². The number of aryl methyl sites for hydroxylation is 1. The van der Waals surface area contributed by atoms with E-state index >= 15 is 0 Å². The Morgan fingerprint density at radius 2 is 2.05 bits per heavy atom. The van der Waals surface area contributed by atoms with Crippen molar-refractivity contribution in [2.45, 2.75) is 26.4 Å². The van der Waals surface area contributed by atoms with Crippen molar-refractivity contribution in [1.29, 1.82) is 0 Å². The van der Waals surface area contributed by atoms with Gasteiger partial charge in [-0.15, -0.1) is 0 Å². The summed E-state index contributed by atoms with van der Waals surface area (Å²) in [7, 11) is 0. The SMILES string of the molecule is CCCn1nccc1CNc1cc(F)cc(F)c1F. The fourth-order valence-electron chi connectivity index (χ4n) is 1.79. The van der Waals surface area contributed by atoms with Gasteiger partial charge in [-0.2, -0.15) is 5.10 Å². The van der Waals surface area contributed by atoms with Crippen molar-refractivity contribution in [2.75, 3.05) is 5.32 Å². The van der Waals surface area contributed by atoms with Crippen LogP contribution in [0.25, 0.3) is 0 Å². The van der Waals surface area contributed by atoms with Crippen LogP contribution in [0.1, 0.15) is 19.0 Å². The standard InChI is InChI=1S/C13H14F3N3/c1-2-5-19-10(3-4-18-19)8-17-12-7-9(14)6-11(15)13(12)16/h3-4,6-7,17H,2,5,8H2,1H3. The van der Waals surface area contributed by atoms with Gasteiger partial charge in [-0.05, 0) is 12.5 Å². The molecule has 2 rings (SSSR count). The molecule has 0 radical (unpaired) electrons. The van der Waals surface area contributed by atoms with Crippen molar-refractivity contribution in [3.05, 3.63) is 47.5 Å². The first-order valence-corrected chi connectivity index (χ1v) is 6.01. The Balaban J connectivity index is 2.12. The molecule has 1 N–H and O–H groups in total. The molecule has 1 aromatic carbocycles. The highest BCUT2D eigenvalue weighted by Crippen LogP contribution is 2.19. The van der Waals surface area contributed by atoms with Gasteiger partial charge in [0.25, 0.3) is 0 Å². The Labute approximate surface area is 109 Å². The van der Waals surface area contributed by atoms with Crippen LogP contribution >= 0.6 is 0 Å². The highest BCUT2D eigenvalue weighted by Gasteiger charge is 2.11. The van der Waals surface area contributed by atoms with E-state index in [1.807, 2.05) is 6.92 Å². The third-order valence-corrected chi connectivity index (χ3v) is 2.69. The minimum atomic E-state index is -1.20. The molecule has 3 nitrogen and oxygen atoms in total. The van der Waals surface area contributed by atoms with Crippen molar-refractivity contribution in [2.24, 2.45) is 0 Å². The molecule has 0 atom stereocenters. The Bertz CT molecular complexity index is 566. The molecule has 0 aliphatic heterocycles. The van der Waals surface area contributed by atoms with Crippen LogP contribution in [-0.4, -0.2) is 9.78 Å². The fourth-order valence-corrected chi connectivity index (χ4v) is 1.79. The van der Waals surface area contributed by atoms with Gasteiger partial charge >= 0.3 is 0 Å². The maximum absolute atomic E-state index is 13.4. The Morgan fingerprint density at radius 3 is 2.79 bits per heavy atom. The summed E-state index contributed by atoms with van der Waals surface area (Å²) in [5.74, 6) is -3.10. The lowest BCUT2D eigenvalue weighted by molar-refractivity contribution is 0.497. The van der Waals surface area contributed by atoms with E-state index in [-0.39, 0.29) is 12.2 Å². The third-order valence-electron chi connectivity index (χ3n) is 2.69. The summed E-state index contributed by atoms with van der Waals surface area (Å²) in [5.41, 5.74) is 0.632. The third kappa shape index (κ3) is 3.07. The second kappa shape index (κ2) is 5.77. The predicted molar refractivity (Wildman–Crippen MR) is 66.2 cm³/mol. The van der Waals surface area contributed by atoms with Crippen LogP contribution in [0.15, 0.2) is 24.4 Å².